The molecule has 5 heteroatoms. The summed E-state index contributed by atoms with van der Waals surface area (Å²) in [7, 11) is 0. The molecule has 0 aromatic rings. The van der Waals surface area contributed by atoms with E-state index in [0.29, 0.717) is 0 Å². The van der Waals surface area contributed by atoms with Gasteiger partial charge >= 0.3 is 12.0 Å². The smallest absolute Gasteiger partial charge is 0.323 e. The van der Waals surface area contributed by atoms with Crippen LogP contribution in [0.1, 0.15) is 46.0 Å². The van der Waals surface area contributed by atoms with Crippen molar-refractivity contribution in [2.45, 2.75) is 64.1 Å². The van der Waals surface area contributed by atoms with Crippen LogP contribution in [-0.2, 0) is 4.79 Å². The summed E-state index contributed by atoms with van der Waals surface area (Å²) < 4.78 is 0. The second kappa shape index (κ2) is 5.16. The van der Waals surface area contributed by atoms with Gasteiger partial charge in [-0.2, -0.15) is 0 Å². The van der Waals surface area contributed by atoms with Gasteiger partial charge in [0.05, 0.1) is 0 Å². The molecule has 5 nitrogen and oxygen atoms in total. The SMILES string of the molecule is CCC1CCC(C)N1C(=O)N(CC(=O)O)C1CC1. The zero-order chi connectivity index (χ0) is 13.3. The predicted octanol–water partition coefficient (Wildman–Crippen LogP) is 1.92. The fourth-order valence-electron chi connectivity index (χ4n) is 2.85. The Morgan fingerprint density at radius 2 is 1.94 bits per heavy atom. The summed E-state index contributed by atoms with van der Waals surface area (Å²) in [5.74, 6) is -0.921. The van der Waals surface area contributed by atoms with Crippen LogP contribution in [0.4, 0.5) is 4.79 Å². The molecule has 2 unspecified atom stereocenters. The maximum atomic E-state index is 12.5. The van der Waals surface area contributed by atoms with Crippen LogP contribution >= 0.6 is 0 Å². The van der Waals surface area contributed by atoms with Crippen LogP contribution in [-0.4, -0.2) is 51.6 Å². The number of rotatable bonds is 4. The molecule has 0 spiro atoms. The van der Waals surface area contributed by atoms with Gasteiger partial charge in [-0.3, -0.25) is 4.79 Å². The topological polar surface area (TPSA) is 60.9 Å². The first-order valence-corrected chi connectivity index (χ1v) is 6.85. The molecule has 2 fully saturated rings. The van der Waals surface area contributed by atoms with Gasteiger partial charge < -0.3 is 14.9 Å². The lowest BCUT2D eigenvalue weighted by Gasteiger charge is -2.33. The van der Waals surface area contributed by atoms with Crippen LogP contribution in [0.5, 0.6) is 0 Å². The molecule has 0 aromatic carbocycles. The third-order valence-electron chi connectivity index (χ3n) is 4.02. The molecular weight excluding hydrogens is 232 g/mol. The molecule has 18 heavy (non-hydrogen) atoms. The van der Waals surface area contributed by atoms with Gasteiger partial charge in [0.25, 0.3) is 0 Å². The number of carbonyl (C=O) groups excluding carboxylic acids is 1. The van der Waals surface area contributed by atoms with Crippen molar-refractivity contribution >= 4 is 12.0 Å². The quantitative estimate of drug-likeness (QED) is 0.833. The van der Waals surface area contributed by atoms with Crippen LogP contribution in [0.15, 0.2) is 0 Å². The summed E-state index contributed by atoms with van der Waals surface area (Å²) in [6.45, 7) is 3.98. The van der Waals surface area contributed by atoms with E-state index < -0.39 is 5.97 Å². The second-order valence-electron chi connectivity index (χ2n) is 5.43. The van der Waals surface area contributed by atoms with Crippen molar-refractivity contribution in [1.29, 1.82) is 0 Å². The van der Waals surface area contributed by atoms with Gasteiger partial charge in [-0.1, -0.05) is 6.92 Å². The lowest BCUT2D eigenvalue weighted by atomic mass is 10.2. The zero-order valence-corrected chi connectivity index (χ0v) is 11.1. The minimum Gasteiger partial charge on any atom is -0.480 e. The molecule has 1 saturated heterocycles. The number of aliphatic carboxylic acids is 1. The first kappa shape index (κ1) is 13.2. The Labute approximate surface area is 108 Å². The number of carbonyl (C=O) groups is 2. The molecule has 0 radical (unpaired) electrons. The van der Waals surface area contributed by atoms with Crippen LogP contribution in [0.2, 0.25) is 0 Å². The van der Waals surface area contributed by atoms with E-state index in [4.69, 9.17) is 5.11 Å². The lowest BCUT2D eigenvalue weighted by Crippen LogP contribution is -2.50. The maximum absolute atomic E-state index is 12.5. The van der Waals surface area contributed by atoms with E-state index in [2.05, 4.69) is 13.8 Å². The van der Waals surface area contributed by atoms with Crippen LogP contribution in [0.25, 0.3) is 0 Å². The van der Waals surface area contributed by atoms with Crippen molar-refractivity contribution in [2.75, 3.05) is 6.54 Å². The molecule has 0 bridgehead atoms. The molecule has 2 rings (SSSR count). The van der Waals surface area contributed by atoms with Gasteiger partial charge in [0.15, 0.2) is 0 Å². The molecule has 2 amide bonds. The third-order valence-corrected chi connectivity index (χ3v) is 4.02. The largest absolute Gasteiger partial charge is 0.480 e. The number of amides is 2. The summed E-state index contributed by atoms with van der Waals surface area (Å²) >= 11 is 0. The van der Waals surface area contributed by atoms with Crippen molar-refractivity contribution < 1.29 is 14.7 Å². The minimum absolute atomic E-state index is 0.0725. The van der Waals surface area contributed by atoms with Crippen molar-refractivity contribution in [1.82, 2.24) is 9.80 Å². The van der Waals surface area contributed by atoms with Crippen molar-refractivity contribution in [3.63, 3.8) is 0 Å². The summed E-state index contributed by atoms with van der Waals surface area (Å²) in [5, 5.41) is 8.93. The van der Waals surface area contributed by atoms with E-state index in [-0.39, 0.29) is 30.7 Å². The van der Waals surface area contributed by atoms with E-state index in [1.165, 1.54) is 0 Å². The Balaban J connectivity index is 2.09. The van der Waals surface area contributed by atoms with Crippen LogP contribution in [0.3, 0.4) is 0 Å². The molecular formula is C13H22N2O3. The maximum Gasteiger partial charge on any atom is 0.323 e. The first-order chi connectivity index (χ1) is 8.54. The number of nitrogens with zero attached hydrogens (tertiary/aromatic N) is 2. The number of carboxylic acids is 1. The third kappa shape index (κ3) is 2.60. The average molecular weight is 254 g/mol. The second-order valence-corrected chi connectivity index (χ2v) is 5.43. The summed E-state index contributed by atoms with van der Waals surface area (Å²) in [6, 6.07) is 0.593. The molecule has 1 saturated carbocycles. The molecule has 1 N–H and O–H groups in total. The Hall–Kier alpha value is -1.26. The van der Waals surface area contributed by atoms with Gasteiger partial charge in [-0.05, 0) is 39.0 Å². The van der Waals surface area contributed by atoms with Gasteiger partial charge in [-0.15, -0.1) is 0 Å². The highest BCUT2D eigenvalue weighted by atomic mass is 16.4. The number of likely N-dealkylation sites (tertiary alicyclic amines) is 1. The van der Waals surface area contributed by atoms with Gasteiger partial charge in [0.2, 0.25) is 0 Å². The molecule has 1 aliphatic heterocycles. The summed E-state index contributed by atoms with van der Waals surface area (Å²) in [4.78, 5) is 26.9. The Morgan fingerprint density at radius 3 is 2.44 bits per heavy atom. The van der Waals surface area contributed by atoms with Crippen molar-refractivity contribution in [3.05, 3.63) is 0 Å². The molecule has 1 heterocycles. The van der Waals surface area contributed by atoms with Gasteiger partial charge in [-0.25, -0.2) is 4.79 Å². The number of hydrogen-bond donors (Lipinski definition) is 1. The van der Waals surface area contributed by atoms with E-state index in [0.717, 1.165) is 32.1 Å². The molecule has 1 aliphatic carbocycles. The lowest BCUT2D eigenvalue weighted by molar-refractivity contribution is -0.137. The number of carboxylic acid groups (broad SMARTS) is 1. The Kier molecular flexibility index (Phi) is 3.78. The molecule has 2 atom stereocenters. The van der Waals surface area contributed by atoms with E-state index in [9.17, 15) is 9.59 Å². The van der Waals surface area contributed by atoms with E-state index in [1.807, 2.05) is 4.90 Å². The van der Waals surface area contributed by atoms with E-state index >= 15 is 0 Å². The van der Waals surface area contributed by atoms with Crippen LogP contribution < -0.4 is 0 Å². The zero-order valence-electron chi connectivity index (χ0n) is 11.1. The normalized spacial score (nSPS) is 27.3. The molecule has 102 valence electrons. The van der Waals surface area contributed by atoms with Crippen molar-refractivity contribution in [2.24, 2.45) is 0 Å². The summed E-state index contributed by atoms with van der Waals surface area (Å²) in [5.41, 5.74) is 0. The van der Waals surface area contributed by atoms with Crippen molar-refractivity contribution in [3.8, 4) is 0 Å². The highest BCUT2D eigenvalue weighted by molar-refractivity contribution is 5.81. The Morgan fingerprint density at radius 1 is 1.28 bits per heavy atom. The monoisotopic (exact) mass is 254 g/mol. The standard InChI is InChI=1S/C13H22N2O3/c1-3-10-5-4-9(2)15(10)13(18)14(8-12(16)17)11-6-7-11/h9-11H,3-8H2,1-2H3,(H,16,17). The van der Waals surface area contributed by atoms with Gasteiger partial charge in [0, 0.05) is 18.1 Å². The highest BCUT2D eigenvalue weighted by Gasteiger charge is 2.41. The fourth-order valence-corrected chi connectivity index (χ4v) is 2.85. The number of urea groups is 1. The highest BCUT2D eigenvalue weighted by Crippen LogP contribution is 2.32. The predicted molar refractivity (Wildman–Crippen MR) is 67.4 cm³/mol. The first-order valence-electron chi connectivity index (χ1n) is 6.85. The minimum atomic E-state index is -0.921. The van der Waals surface area contributed by atoms with Gasteiger partial charge in [0.1, 0.15) is 6.54 Å². The summed E-state index contributed by atoms with van der Waals surface area (Å²) in [6.07, 6.45) is 4.89. The number of hydrogen-bond acceptors (Lipinski definition) is 2. The average Bonchev–Trinajstić information content (AvgIpc) is 3.08. The van der Waals surface area contributed by atoms with Crippen LogP contribution in [0, 0.1) is 0 Å². The molecule has 0 aromatic heterocycles. The Bertz CT molecular complexity index is 341. The molecule has 2 aliphatic rings. The van der Waals surface area contributed by atoms with E-state index in [1.54, 1.807) is 4.90 Å². The fraction of sp³-hybridized carbons (Fsp3) is 0.846.